The summed E-state index contributed by atoms with van der Waals surface area (Å²) >= 11 is 0. The Balaban J connectivity index is 1.20. The average molecular weight is 611 g/mol. The van der Waals surface area contributed by atoms with Crippen LogP contribution in [0.3, 0.4) is 0 Å². The zero-order valence-corrected chi connectivity index (χ0v) is 25.7. The first-order chi connectivity index (χ1) is 22.7. The minimum absolute atomic E-state index is 0.665. The van der Waals surface area contributed by atoms with Gasteiger partial charge in [0.15, 0.2) is 30.1 Å². The van der Waals surface area contributed by atoms with Gasteiger partial charge in [-0.1, -0.05) is 152 Å². The lowest BCUT2D eigenvalue weighted by atomic mass is 9.97. The molecule has 9 rings (SSSR count). The molecule has 8 aromatic rings. The molecule has 3 nitrogen and oxygen atoms in total. The van der Waals surface area contributed by atoms with Crippen molar-refractivity contribution in [3.8, 4) is 34.1 Å². The van der Waals surface area contributed by atoms with E-state index in [2.05, 4.69) is 66.7 Å². The molecule has 0 aliphatic carbocycles. The van der Waals surface area contributed by atoms with Crippen molar-refractivity contribution in [3.05, 3.63) is 164 Å². The van der Waals surface area contributed by atoms with Crippen LogP contribution in [0.1, 0.15) is 0 Å². The number of ether oxygens (including phenoxy) is 2. The van der Waals surface area contributed by atoms with Crippen LogP contribution in [0.25, 0.3) is 43.4 Å². The molecule has 0 spiro atoms. The molecule has 0 aromatic heterocycles. The summed E-state index contributed by atoms with van der Waals surface area (Å²) in [6, 6.07) is 54.8. The SMILES string of the molecule is O=P(c1ccccc1)(c1ccccc1)c1cccc2c(-c3ccc4c(c3)Oc3c(c5ccccc5c5ccccc35)O4)cccc12. The second-order valence-corrected chi connectivity index (χ2v) is 14.3. The molecule has 0 amide bonds. The molecule has 0 fully saturated rings. The molecule has 0 radical (unpaired) electrons. The Morgan fingerprint density at radius 1 is 0.391 bits per heavy atom. The van der Waals surface area contributed by atoms with Gasteiger partial charge >= 0.3 is 0 Å². The molecule has 4 heteroatoms. The summed E-state index contributed by atoms with van der Waals surface area (Å²) in [6.45, 7) is 0. The minimum atomic E-state index is -3.18. The Morgan fingerprint density at radius 3 is 1.52 bits per heavy atom. The third-order valence-electron chi connectivity index (χ3n) is 9.00. The molecule has 0 atom stereocenters. The fourth-order valence-corrected chi connectivity index (χ4v) is 9.73. The van der Waals surface area contributed by atoms with E-state index in [1.807, 2.05) is 97.1 Å². The first kappa shape index (κ1) is 26.7. The third-order valence-corrected chi connectivity index (χ3v) is 12.1. The van der Waals surface area contributed by atoms with Gasteiger partial charge < -0.3 is 14.0 Å². The van der Waals surface area contributed by atoms with E-state index in [1.165, 1.54) is 0 Å². The van der Waals surface area contributed by atoms with Crippen LogP contribution in [-0.4, -0.2) is 0 Å². The summed E-state index contributed by atoms with van der Waals surface area (Å²) in [4.78, 5) is 0. The Morgan fingerprint density at radius 2 is 0.891 bits per heavy atom. The highest BCUT2D eigenvalue weighted by Gasteiger charge is 2.31. The molecular formula is C42H27O3P. The van der Waals surface area contributed by atoms with Gasteiger partial charge in [0.05, 0.1) is 0 Å². The summed E-state index contributed by atoms with van der Waals surface area (Å²) in [6.07, 6.45) is 0. The van der Waals surface area contributed by atoms with Gasteiger partial charge in [0.2, 0.25) is 0 Å². The molecular weight excluding hydrogens is 583 g/mol. The summed E-state index contributed by atoms with van der Waals surface area (Å²) in [7, 11) is -3.18. The van der Waals surface area contributed by atoms with Gasteiger partial charge in [-0.2, -0.15) is 0 Å². The van der Waals surface area contributed by atoms with E-state index in [-0.39, 0.29) is 0 Å². The van der Waals surface area contributed by atoms with Crippen molar-refractivity contribution >= 4 is 55.4 Å². The highest BCUT2D eigenvalue weighted by atomic mass is 31.2. The zero-order chi connectivity index (χ0) is 30.7. The minimum Gasteiger partial charge on any atom is -0.449 e. The van der Waals surface area contributed by atoms with Crippen LogP contribution >= 0.6 is 7.14 Å². The van der Waals surface area contributed by atoms with E-state index in [0.29, 0.717) is 11.5 Å². The van der Waals surface area contributed by atoms with Crippen molar-refractivity contribution in [3.63, 3.8) is 0 Å². The van der Waals surface area contributed by atoms with Crippen molar-refractivity contribution in [1.29, 1.82) is 0 Å². The van der Waals surface area contributed by atoms with Crippen molar-refractivity contribution in [2.45, 2.75) is 0 Å². The molecule has 1 aliphatic heterocycles. The van der Waals surface area contributed by atoms with E-state index >= 15 is 4.57 Å². The normalized spacial score (nSPS) is 12.3. The number of hydrogen-bond donors (Lipinski definition) is 0. The fourth-order valence-electron chi connectivity index (χ4n) is 6.86. The largest absolute Gasteiger partial charge is 0.449 e. The van der Waals surface area contributed by atoms with Gasteiger partial charge in [0, 0.05) is 26.7 Å². The summed E-state index contributed by atoms with van der Waals surface area (Å²) in [5, 5.41) is 8.75. The maximum atomic E-state index is 15.4. The Kier molecular flexibility index (Phi) is 6.09. The monoisotopic (exact) mass is 610 g/mol. The molecule has 0 bridgehead atoms. The van der Waals surface area contributed by atoms with Crippen LogP contribution in [0.4, 0.5) is 0 Å². The lowest BCUT2D eigenvalue weighted by Crippen LogP contribution is -2.25. The highest BCUT2D eigenvalue weighted by Crippen LogP contribution is 2.53. The van der Waals surface area contributed by atoms with E-state index in [9.17, 15) is 0 Å². The van der Waals surface area contributed by atoms with Gasteiger partial charge in [-0.25, -0.2) is 0 Å². The first-order valence-corrected chi connectivity index (χ1v) is 17.1. The van der Waals surface area contributed by atoms with Crippen molar-refractivity contribution < 1.29 is 14.0 Å². The maximum absolute atomic E-state index is 15.4. The lowest BCUT2D eigenvalue weighted by Gasteiger charge is -2.25. The van der Waals surface area contributed by atoms with Crippen LogP contribution in [0.2, 0.25) is 0 Å². The molecule has 1 aliphatic rings. The van der Waals surface area contributed by atoms with E-state index in [4.69, 9.17) is 9.47 Å². The smallest absolute Gasteiger partial charge is 0.178 e. The van der Waals surface area contributed by atoms with Gasteiger partial charge in [-0.3, -0.25) is 0 Å². The molecule has 0 unspecified atom stereocenters. The number of rotatable bonds is 4. The van der Waals surface area contributed by atoms with Gasteiger partial charge in [0.1, 0.15) is 0 Å². The Hall–Kier alpha value is -5.63. The molecule has 0 saturated carbocycles. The van der Waals surface area contributed by atoms with E-state index in [0.717, 1.165) is 70.9 Å². The predicted octanol–water partition coefficient (Wildman–Crippen LogP) is 10.4. The molecule has 218 valence electrons. The fraction of sp³-hybridized carbons (Fsp3) is 0. The predicted molar refractivity (Wildman–Crippen MR) is 190 cm³/mol. The number of fused-ring (bicyclic) bond motifs is 8. The van der Waals surface area contributed by atoms with Crippen molar-refractivity contribution in [2.24, 2.45) is 0 Å². The van der Waals surface area contributed by atoms with Crippen LogP contribution in [0.15, 0.2) is 164 Å². The highest BCUT2D eigenvalue weighted by molar-refractivity contribution is 7.85. The second-order valence-electron chi connectivity index (χ2n) is 11.6. The quantitative estimate of drug-likeness (QED) is 0.147. The summed E-state index contributed by atoms with van der Waals surface area (Å²) in [5.41, 5.74) is 2.03. The van der Waals surface area contributed by atoms with Crippen LogP contribution in [-0.2, 0) is 4.57 Å². The molecule has 0 saturated heterocycles. The average Bonchev–Trinajstić information content (AvgIpc) is 3.14. The first-order valence-electron chi connectivity index (χ1n) is 15.4. The molecule has 46 heavy (non-hydrogen) atoms. The van der Waals surface area contributed by atoms with E-state index < -0.39 is 7.14 Å². The van der Waals surface area contributed by atoms with Gasteiger partial charge in [-0.15, -0.1) is 0 Å². The van der Waals surface area contributed by atoms with Crippen LogP contribution in [0, 0.1) is 0 Å². The van der Waals surface area contributed by atoms with Crippen LogP contribution in [0.5, 0.6) is 23.0 Å². The second kappa shape index (κ2) is 10.5. The van der Waals surface area contributed by atoms with E-state index in [1.54, 1.807) is 0 Å². The number of hydrogen-bond acceptors (Lipinski definition) is 3. The van der Waals surface area contributed by atoms with Crippen LogP contribution < -0.4 is 25.4 Å². The molecule has 8 aromatic carbocycles. The van der Waals surface area contributed by atoms with Crippen molar-refractivity contribution in [1.82, 2.24) is 0 Å². The molecule has 1 heterocycles. The third kappa shape index (κ3) is 4.03. The molecule has 0 N–H and O–H groups in total. The lowest BCUT2D eigenvalue weighted by molar-refractivity contribution is 0.367. The summed E-state index contributed by atoms with van der Waals surface area (Å²) < 4.78 is 28.6. The summed E-state index contributed by atoms with van der Waals surface area (Å²) in [5.74, 6) is 2.81. The standard InChI is InChI=1S/C42H27O3P/c43-46(29-13-3-1-4-14-29,30-15-5-2-6-16-30)40-24-12-22-32-31(21-11-23-35(32)40)28-25-26-38-39(27-28)45-42-37-20-10-8-18-34(37)33-17-7-9-19-36(33)41(42)44-38/h1-27H. The van der Waals surface area contributed by atoms with Crippen molar-refractivity contribution in [2.75, 3.05) is 0 Å². The maximum Gasteiger partial charge on any atom is 0.178 e. The topological polar surface area (TPSA) is 35.5 Å². The number of benzene rings is 8. The zero-order valence-electron chi connectivity index (χ0n) is 24.8. The Bertz CT molecular complexity index is 2460. The van der Waals surface area contributed by atoms with Gasteiger partial charge in [0.25, 0.3) is 0 Å². The van der Waals surface area contributed by atoms with Gasteiger partial charge in [-0.05, 0) is 44.8 Å². The Labute approximate surface area is 266 Å².